The van der Waals surface area contributed by atoms with Gasteiger partial charge in [0, 0.05) is 13.6 Å². The molecule has 0 aliphatic rings. The Balaban J connectivity index is 2.83. The number of rotatable bonds is 4. The molecule has 16 heavy (non-hydrogen) atoms. The number of nitrogens with zero attached hydrogens (tertiary/aromatic N) is 1. The lowest BCUT2D eigenvalue weighted by Crippen LogP contribution is -2.29. The van der Waals surface area contributed by atoms with Gasteiger partial charge in [-0.25, -0.2) is 0 Å². The van der Waals surface area contributed by atoms with E-state index < -0.39 is 0 Å². The second-order valence-corrected chi connectivity index (χ2v) is 3.89. The Bertz CT molecular complexity index is 377. The molecule has 0 saturated heterocycles. The lowest BCUT2D eigenvalue weighted by molar-refractivity contribution is 0.0791. The van der Waals surface area contributed by atoms with E-state index in [1.165, 1.54) is 0 Å². The number of benzene rings is 1. The number of hydrogen-bond donors (Lipinski definition) is 2. The smallest absolute Gasteiger partial charge is 0.257 e. The molecule has 1 amide bonds. The van der Waals surface area contributed by atoms with Gasteiger partial charge in [-0.05, 0) is 32.0 Å². The van der Waals surface area contributed by atoms with Gasteiger partial charge in [-0.15, -0.1) is 0 Å². The fourth-order valence-corrected chi connectivity index (χ4v) is 1.46. The molecule has 0 aliphatic carbocycles. The number of nitrogens with two attached hydrogens (primary N) is 1. The molecule has 0 atom stereocenters. The molecule has 4 heteroatoms. The molecule has 4 nitrogen and oxygen atoms in total. The molecule has 1 aromatic carbocycles. The molecule has 0 aromatic heterocycles. The van der Waals surface area contributed by atoms with Crippen LogP contribution in [0.3, 0.4) is 0 Å². The lowest BCUT2D eigenvalue weighted by atomic mass is 10.1. The highest BCUT2D eigenvalue weighted by Crippen LogP contribution is 2.19. The molecule has 0 fully saturated rings. The number of hydrogen-bond acceptors (Lipinski definition) is 3. The molecule has 0 saturated carbocycles. The first-order valence-corrected chi connectivity index (χ1v) is 5.31. The highest BCUT2D eigenvalue weighted by atomic mass is 16.3. The van der Waals surface area contributed by atoms with Crippen LogP contribution in [-0.4, -0.2) is 36.1 Å². The third kappa shape index (κ3) is 2.97. The average molecular weight is 222 g/mol. The van der Waals surface area contributed by atoms with Gasteiger partial charge in [-0.3, -0.25) is 4.79 Å². The maximum Gasteiger partial charge on any atom is 0.257 e. The van der Waals surface area contributed by atoms with E-state index in [4.69, 9.17) is 5.73 Å². The highest BCUT2D eigenvalue weighted by Gasteiger charge is 2.15. The van der Waals surface area contributed by atoms with Crippen molar-refractivity contribution in [1.82, 2.24) is 4.90 Å². The van der Waals surface area contributed by atoms with Crippen molar-refractivity contribution in [2.45, 2.75) is 13.3 Å². The Hall–Kier alpha value is -1.55. The Morgan fingerprint density at radius 3 is 2.81 bits per heavy atom. The number of aromatic hydroxyl groups is 1. The van der Waals surface area contributed by atoms with Crippen molar-refractivity contribution < 1.29 is 9.90 Å². The Labute approximate surface area is 95.7 Å². The van der Waals surface area contributed by atoms with Gasteiger partial charge in [0.25, 0.3) is 5.91 Å². The number of phenols is 1. The fourth-order valence-electron chi connectivity index (χ4n) is 1.46. The van der Waals surface area contributed by atoms with Crippen molar-refractivity contribution in [3.8, 4) is 5.75 Å². The summed E-state index contributed by atoms with van der Waals surface area (Å²) in [7, 11) is 1.71. The topological polar surface area (TPSA) is 66.6 Å². The summed E-state index contributed by atoms with van der Waals surface area (Å²) in [6.07, 6.45) is 0.759. The Kier molecular flexibility index (Phi) is 4.31. The van der Waals surface area contributed by atoms with E-state index in [0.717, 1.165) is 12.0 Å². The van der Waals surface area contributed by atoms with Gasteiger partial charge in [0.1, 0.15) is 5.75 Å². The minimum atomic E-state index is -0.172. The monoisotopic (exact) mass is 222 g/mol. The molecule has 0 bridgehead atoms. The van der Waals surface area contributed by atoms with Crippen molar-refractivity contribution in [2.75, 3.05) is 20.1 Å². The largest absolute Gasteiger partial charge is 0.507 e. The predicted octanol–water partition coefficient (Wildman–Crippen LogP) is 1.12. The van der Waals surface area contributed by atoms with Gasteiger partial charge in [0.05, 0.1) is 5.56 Å². The van der Waals surface area contributed by atoms with Crippen LogP contribution in [0, 0.1) is 6.92 Å². The van der Waals surface area contributed by atoms with Gasteiger partial charge >= 0.3 is 0 Å². The van der Waals surface area contributed by atoms with Crippen molar-refractivity contribution in [1.29, 1.82) is 0 Å². The van der Waals surface area contributed by atoms with Gasteiger partial charge in [-0.2, -0.15) is 0 Å². The Morgan fingerprint density at radius 2 is 2.19 bits per heavy atom. The molecule has 0 radical (unpaired) electrons. The summed E-state index contributed by atoms with van der Waals surface area (Å²) >= 11 is 0. The average Bonchev–Trinajstić information content (AvgIpc) is 2.28. The fraction of sp³-hybridized carbons (Fsp3) is 0.417. The van der Waals surface area contributed by atoms with E-state index in [1.54, 1.807) is 30.1 Å². The van der Waals surface area contributed by atoms with Crippen LogP contribution in [0.2, 0.25) is 0 Å². The summed E-state index contributed by atoms with van der Waals surface area (Å²) < 4.78 is 0. The molecule has 1 aromatic rings. The first-order valence-electron chi connectivity index (χ1n) is 5.31. The summed E-state index contributed by atoms with van der Waals surface area (Å²) in [5.74, 6) is -0.148. The quantitative estimate of drug-likeness (QED) is 0.802. The lowest BCUT2D eigenvalue weighted by Gasteiger charge is -2.17. The summed E-state index contributed by atoms with van der Waals surface area (Å²) in [6.45, 7) is 3.04. The van der Waals surface area contributed by atoms with E-state index in [-0.39, 0.29) is 11.7 Å². The van der Waals surface area contributed by atoms with Crippen molar-refractivity contribution in [2.24, 2.45) is 5.73 Å². The molecule has 0 unspecified atom stereocenters. The first kappa shape index (κ1) is 12.5. The zero-order chi connectivity index (χ0) is 12.1. The second-order valence-electron chi connectivity index (χ2n) is 3.89. The summed E-state index contributed by atoms with van der Waals surface area (Å²) in [5, 5.41) is 9.61. The zero-order valence-corrected chi connectivity index (χ0v) is 9.73. The molecule has 0 heterocycles. The van der Waals surface area contributed by atoms with Crippen LogP contribution in [0.15, 0.2) is 18.2 Å². The molecular weight excluding hydrogens is 204 g/mol. The van der Waals surface area contributed by atoms with Gasteiger partial charge < -0.3 is 15.7 Å². The molecule has 1 rings (SSSR count). The standard InChI is InChI=1S/C12H18N2O2/c1-9-4-5-11(15)10(8-9)12(16)14(2)7-3-6-13/h4-5,8,15H,3,6-7,13H2,1-2H3. The second kappa shape index (κ2) is 5.51. The van der Waals surface area contributed by atoms with Crippen molar-refractivity contribution in [3.05, 3.63) is 29.3 Å². The van der Waals surface area contributed by atoms with Crippen LogP contribution in [0.4, 0.5) is 0 Å². The predicted molar refractivity (Wildman–Crippen MR) is 63.5 cm³/mol. The van der Waals surface area contributed by atoms with E-state index in [9.17, 15) is 9.90 Å². The highest BCUT2D eigenvalue weighted by molar-refractivity contribution is 5.96. The molecule has 3 N–H and O–H groups in total. The zero-order valence-electron chi connectivity index (χ0n) is 9.73. The van der Waals surface area contributed by atoms with E-state index in [2.05, 4.69) is 0 Å². The number of amides is 1. The van der Waals surface area contributed by atoms with Crippen LogP contribution in [-0.2, 0) is 0 Å². The van der Waals surface area contributed by atoms with Crippen LogP contribution in [0.1, 0.15) is 22.3 Å². The molecule has 0 aliphatic heterocycles. The van der Waals surface area contributed by atoms with Crippen LogP contribution in [0.25, 0.3) is 0 Å². The van der Waals surface area contributed by atoms with E-state index in [1.807, 2.05) is 6.92 Å². The minimum absolute atomic E-state index is 0.0233. The third-order valence-electron chi connectivity index (χ3n) is 2.43. The molecule has 88 valence electrons. The first-order chi connectivity index (χ1) is 7.56. The van der Waals surface area contributed by atoms with E-state index >= 15 is 0 Å². The number of carbonyl (C=O) groups excluding carboxylic acids is 1. The summed E-state index contributed by atoms with van der Waals surface area (Å²) in [5.41, 5.74) is 6.68. The number of phenolic OH excluding ortho intramolecular Hbond substituents is 1. The minimum Gasteiger partial charge on any atom is -0.507 e. The van der Waals surface area contributed by atoms with Gasteiger partial charge in [-0.1, -0.05) is 11.6 Å². The van der Waals surface area contributed by atoms with Crippen LogP contribution < -0.4 is 5.73 Å². The molecule has 0 spiro atoms. The normalized spacial score (nSPS) is 10.2. The number of aryl methyl sites for hydroxylation is 1. The molecular formula is C12H18N2O2. The maximum atomic E-state index is 11.9. The van der Waals surface area contributed by atoms with Crippen LogP contribution >= 0.6 is 0 Å². The SMILES string of the molecule is Cc1ccc(O)c(C(=O)N(C)CCCN)c1. The Morgan fingerprint density at radius 1 is 1.50 bits per heavy atom. The summed E-state index contributed by atoms with van der Waals surface area (Å²) in [4.78, 5) is 13.5. The third-order valence-corrected chi connectivity index (χ3v) is 2.43. The van der Waals surface area contributed by atoms with Crippen LogP contribution in [0.5, 0.6) is 5.75 Å². The van der Waals surface area contributed by atoms with Gasteiger partial charge in [0.15, 0.2) is 0 Å². The maximum absolute atomic E-state index is 11.9. The van der Waals surface area contributed by atoms with E-state index in [0.29, 0.717) is 18.7 Å². The van der Waals surface area contributed by atoms with Gasteiger partial charge in [0.2, 0.25) is 0 Å². The number of carbonyl (C=O) groups is 1. The van der Waals surface area contributed by atoms with Crippen molar-refractivity contribution >= 4 is 5.91 Å². The van der Waals surface area contributed by atoms with Crippen molar-refractivity contribution in [3.63, 3.8) is 0 Å². The summed E-state index contributed by atoms with van der Waals surface area (Å²) in [6, 6.07) is 5.00.